The van der Waals surface area contributed by atoms with Crippen molar-refractivity contribution in [1.29, 1.82) is 0 Å². The molecule has 1 amide bonds. The number of nitrogens with one attached hydrogen (secondary N) is 2. The van der Waals surface area contributed by atoms with E-state index in [1.54, 1.807) is 24.3 Å². The van der Waals surface area contributed by atoms with Gasteiger partial charge >= 0.3 is 0 Å². The average Bonchev–Trinajstić information content (AvgIpc) is 2.63. The Bertz CT molecular complexity index is 978. The lowest BCUT2D eigenvalue weighted by Gasteiger charge is -2.17. The van der Waals surface area contributed by atoms with E-state index in [-0.39, 0.29) is 16.6 Å². The first-order valence-corrected chi connectivity index (χ1v) is 10.7. The minimum absolute atomic E-state index is 0.0263. The summed E-state index contributed by atoms with van der Waals surface area (Å²) in [5.74, 6) is -0.250. The predicted octanol–water partition coefficient (Wildman–Crippen LogP) is 4.43. The highest BCUT2D eigenvalue weighted by atomic mass is 35.5. The first-order chi connectivity index (χ1) is 13.0. The Morgan fingerprint density at radius 3 is 2.36 bits per heavy atom. The van der Waals surface area contributed by atoms with E-state index in [2.05, 4.69) is 10.0 Å². The molecule has 0 aliphatic carbocycles. The third-order valence-corrected chi connectivity index (χ3v) is 6.18. The van der Waals surface area contributed by atoms with Crippen LogP contribution >= 0.6 is 23.2 Å². The smallest absolute Gasteiger partial charge is 0.244 e. The number of rotatable bonds is 7. The first-order valence-electron chi connectivity index (χ1n) is 8.51. The number of halogens is 2. The molecule has 2 aromatic rings. The molecule has 2 aromatic carbocycles. The lowest BCUT2D eigenvalue weighted by atomic mass is 10.0. The van der Waals surface area contributed by atoms with Crippen molar-refractivity contribution in [1.82, 2.24) is 4.72 Å². The van der Waals surface area contributed by atoms with Crippen LogP contribution in [0.15, 0.2) is 41.3 Å². The molecule has 0 bridgehead atoms. The van der Waals surface area contributed by atoms with Crippen LogP contribution in [0.25, 0.3) is 0 Å². The zero-order valence-electron chi connectivity index (χ0n) is 15.9. The molecule has 0 spiro atoms. The second kappa shape index (κ2) is 9.13. The molecule has 0 saturated heterocycles. The molecule has 0 heterocycles. The van der Waals surface area contributed by atoms with Gasteiger partial charge in [0, 0.05) is 5.02 Å². The van der Waals surface area contributed by atoms with Crippen molar-refractivity contribution in [2.45, 2.75) is 37.6 Å². The molecule has 0 saturated carbocycles. The van der Waals surface area contributed by atoms with Gasteiger partial charge in [0.15, 0.2) is 0 Å². The standard InChI is InChI=1S/C19H22Cl2N2O4S/c1-11(2)13-5-8-17(27-4)18(9-13)28(25,26)23-12(3)19(24)22-16-10-14(20)6-7-15(16)21/h5-12,23H,1-4H3,(H,22,24). The SMILES string of the molecule is COc1ccc(C(C)C)cc1S(=O)(=O)NC(C)C(=O)Nc1cc(Cl)ccc1Cl. The summed E-state index contributed by atoms with van der Waals surface area (Å²) in [5, 5.41) is 3.25. The normalized spacial score (nSPS) is 12.7. The van der Waals surface area contributed by atoms with Gasteiger partial charge in [0.05, 0.1) is 23.9 Å². The molecule has 0 aliphatic heterocycles. The maximum absolute atomic E-state index is 12.9. The van der Waals surface area contributed by atoms with Gasteiger partial charge in [-0.15, -0.1) is 0 Å². The van der Waals surface area contributed by atoms with Crippen LogP contribution in [0.4, 0.5) is 5.69 Å². The molecule has 0 radical (unpaired) electrons. The molecular weight excluding hydrogens is 423 g/mol. The number of hydrogen-bond acceptors (Lipinski definition) is 4. The molecule has 0 aliphatic rings. The Hall–Kier alpha value is -1.80. The maximum Gasteiger partial charge on any atom is 0.244 e. The van der Waals surface area contributed by atoms with Gasteiger partial charge in [0.1, 0.15) is 10.6 Å². The van der Waals surface area contributed by atoms with Gasteiger partial charge in [0.25, 0.3) is 0 Å². The molecule has 2 N–H and O–H groups in total. The Kier molecular flexibility index (Phi) is 7.33. The van der Waals surface area contributed by atoms with Gasteiger partial charge in [-0.1, -0.05) is 43.1 Å². The number of benzene rings is 2. The number of carbonyl (C=O) groups excluding carboxylic acids is 1. The zero-order valence-corrected chi connectivity index (χ0v) is 18.2. The van der Waals surface area contributed by atoms with E-state index in [0.29, 0.717) is 15.7 Å². The van der Waals surface area contributed by atoms with Gasteiger partial charge in [-0.3, -0.25) is 4.79 Å². The van der Waals surface area contributed by atoms with Crippen molar-refractivity contribution in [2.24, 2.45) is 0 Å². The number of sulfonamides is 1. The third kappa shape index (κ3) is 5.38. The Morgan fingerprint density at radius 1 is 1.07 bits per heavy atom. The second-order valence-electron chi connectivity index (χ2n) is 6.52. The van der Waals surface area contributed by atoms with Crippen molar-refractivity contribution in [3.8, 4) is 5.75 Å². The fraction of sp³-hybridized carbons (Fsp3) is 0.316. The molecule has 28 heavy (non-hydrogen) atoms. The van der Waals surface area contributed by atoms with E-state index in [9.17, 15) is 13.2 Å². The molecule has 0 aromatic heterocycles. The van der Waals surface area contributed by atoms with Gasteiger partial charge in [0.2, 0.25) is 15.9 Å². The van der Waals surface area contributed by atoms with E-state index < -0.39 is 22.0 Å². The van der Waals surface area contributed by atoms with Crippen LogP contribution in [0.5, 0.6) is 5.75 Å². The van der Waals surface area contributed by atoms with Crippen molar-refractivity contribution in [3.63, 3.8) is 0 Å². The maximum atomic E-state index is 12.9. The van der Waals surface area contributed by atoms with Crippen LogP contribution in [0.1, 0.15) is 32.3 Å². The van der Waals surface area contributed by atoms with Gasteiger partial charge in [-0.25, -0.2) is 8.42 Å². The summed E-state index contributed by atoms with van der Waals surface area (Å²) in [6.45, 7) is 5.34. The molecule has 9 heteroatoms. The predicted molar refractivity (Wildman–Crippen MR) is 112 cm³/mol. The second-order valence-corrected chi connectivity index (χ2v) is 9.05. The van der Waals surface area contributed by atoms with Crippen LogP contribution in [0.3, 0.4) is 0 Å². The van der Waals surface area contributed by atoms with Crippen LogP contribution in [-0.2, 0) is 14.8 Å². The Balaban J connectivity index is 2.24. The van der Waals surface area contributed by atoms with Crippen LogP contribution in [-0.4, -0.2) is 27.5 Å². The molecule has 1 atom stereocenters. The summed E-state index contributed by atoms with van der Waals surface area (Å²) < 4.78 is 33.3. The fourth-order valence-corrected chi connectivity index (χ4v) is 4.19. The van der Waals surface area contributed by atoms with Crippen LogP contribution in [0.2, 0.25) is 10.0 Å². The molecule has 1 unspecified atom stereocenters. The van der Waals surface area contributed by atoms with Crippen molar-refractivity contribution in [2.75, 3.05) is 12.4 Å². The van der Waals surface area contributed by atoms with Gasteiger partial charge in [-0.2, -0.15) is 4.72 Å². The van der Waals surface area contributed by atoms with Gasteiger partial charge < -0.3 is 10.1 Å². The molecule has 6 nitrogen and oxygen atoms in total. The lowest BCUT2D eigenvalue weighted by molar-refractivity contribution is -0.117. The lowest BCUT2D eigenvalue weighted by Crippen LogP contribution is -2.41. The Labute approximate surface area is 175 Å². The topological polar surface area (TPSA) is 84.5 Å². The van der Waals surface area contributed by atoms with Crippen molar-refractivity contribution < 1.29 is 17.9 Å². The minimum atomic E-state index is -4.01. The van der Waals surface area contributed by atoms with E-state index in [4.69, 9.17) is 27.9 Å². The molecule has 2 rings (SSSR count). The summed E-state index contributed by atoms with van der Waals surface area (Å²) in [6, 6.07) is 8.49. The highest BCUT2D eigenvalue weighted by Crippen LogP contribution is 2.28. The minimum Gasteiger partial charge on any atom is -0.495 e. The number of anilines is 1. The Morgan fingerprint density at radius 2 is 1.75 bits per heavy atom. The van der Waals surface area contributed by atoms with E-state index in [1.807, 2.05) is 13.8 Å². The van der Waals surface area contributed by atoms with Crippen molar-refractivity contribution in [3.05, 3.63) is 52.0 Å². The van der Waals surface area contributed by atoms with Crippen molar-refractivity contribution >= 4 is 44.8 Å². The number of ether oxygens (including phenoxy) is 1. The summed E-state index contributed by atoms with van der Waals surface area (Å²) >= 11 is 11.9. The third-order valence-electron chi connectivity index (χ3n) is 4.06. The summed E-state index contributed by atoms with van der Waals surface area (Å²) in [6.07, 6.45) is 0. The van der Waals surface area contributed by atoms with Gasteiger partial charge in [-0.05, 0) is 48.7 Å². The molecule has 0 fully saturated rings. The first kappa shape index (κ1) is 22.5. The number of amides is 1. The van der Waals surface area contributed by atoms with E-state index in [1.165, 1.54) is 26.2 Å². The zero-order chi connectivity index (χ0) is 21.1. The number of methoxy groups -OCH3 is 1. The summed E-state index contributed by atoms with van der Waals surface area (Å²) in [7, 11) is -2.62. The van der Waals surface area contributed by atoms with E-state index >= 15 is 0 Å². The summed E-state index contributed by atoms with van der Waals surface area (Å²) in [5.41, 5.74) is 1.13. The van der Waals surface area contributed by atoms with Crippen LogP contribution < -0.4 is 14.8 Å². The quantitative estimate of drug-likeness (QED) is 0.661. The number of hydrogen-bond donors (Lipinski definition) is 2. The largest absolute Gasteiger partial charge is 0.495 e. The fourth-order valence-electron chi connectivity index (χ4n) is 2.45. The van der Waals surface area contributed by atoms with Crippen LogP contribution in [0, 0.1) is 0 Å². The molecular formula is C19H22Cl2N2O4S. The average molecular weight is 445 g/mol. The highest BCUT2D eigenvalue weighted by molar-refractivity contribution is 7.89. The molecule has 152 valence electrons. The summed E-state index contributed by atoms with van der Waals surface area (Å²) in [4.78, 5) is 12.4. The monoisotopic (exact) mass is 444 g/mol. The number of carbonyl (C=O) groups is 1. The highest BCUT2D eigenvalue weighted by Gasteiger charge is 2.26. The van der Waals surface area contributed by atoms with E-state index in [0.717, 1.165) is 5.56 Å².